The first kappa shape index (κ1) is 20.1. The van der Waals surface area contributed by atoms with Crippen LogP contribution in [0.3, 0.4) is 0 Å². The molecule has 0 atom stereocenters. The molecule has 8 heteroatoms. The maximum absolute atomic E-state index is 12.0. The normalized spacial score (nSPS) is 9.19. The van der Waals surface area contributed by atoms with Crippen LogP contribution in [0, 0.1) is 5.41 Å². The number of amidine groups is 1. The first-order chi connectivity index (χ1) is 5.91. The molecule has 0 heterocycles. The Hall–Kier alpha value is -1.31. The van der Waals surface area contributed by atoms with Gasteiger partial charge in [0.2, 0.25) is 0 Å². The second-order valence-corrected chi connectivity index (χ2v) is 2.49. The van der Waals surface area contributed by atoms with Crippen molar-refractivity contribution in [3.8, 4) is 0 Å². The summed E-state index contributed by atoms with van der Waals surface area (Å²) in [7, 11) is 0. The second kappa shape index (κ2) is 7.04. The summed E-state index contributed by atoms with van der Waals surface area (Å²) >= 11 is 0. The number of nitrogen functional groups attached to an aromatic ring is 1. The highest BCUT2D eigenvalue weighted by atomic mass is 35.5. The van der Waals surface area contributed by atoms with Crippen molar-refractivity contribution >= 4 is 18.2 Å². The van der Waals surface area contributed by atoms with Crippen LogP contribution in [-0.2, 0) is 6.18 Å². The average Bonchev–Trinajstić information content (AvgIpc) is 2.03. The molecular formula is C8H12ClF3N2O2. The quantitative estimate of drug-likeness (QED) is 0.563. The van der Waals surface area contributed by atoms with Crippen LogP contribution in [0.4, 0.5) is 13.2 Å². The highest BCUT2D eigenvalue weighted by molar-refractivity contribution is 5.94. The van der Waals surface area contributed by atoms with Gasteiger partial charge in [0.05, 0.1) is 5.56 Å². The van der Waals surface area contributed by atoms with Crippen molar-refractivity contribution in [3.05, 3.63) is 35.4 Å². The molecule has 0 saturated heterocycles. The zero-order chi connectivity index (χ0) is 10.1. The average molecular weight is 261 g/mol. The van der Waals surface area contributed by atoms with Crippen LogP contribution < -0.4 is 5.73 Å². The minimum Gasteiger partial charge on any atom is -0.412 e. The summed E-state index contributed by atoms with van der Waals surface area (Å²) in [6.07, 6.45) is -4.34. The summed E-state index contributed by atoms with van der Waals surface area (Å²) in [5, 5.41) is 6.96. The Morgan fingerprint density at radius 3 is 1.69 bits per heavy atom. The lowest BCUT2D eigenvalue weighted by molar-refractivity contribution is -0.137. The topological polar surface area (TPSA) is 113 Å². The largest absolute Gasteiger partial charge is 0.416 e. The van der Waals surface area contributed by atoms with Crippen molar-refractivity contribution in [2.75, 3.05) is 0 Å². The van der Waals surface area contributed by atoms with Gasteiger partial charge in [-0.3, -0.25) is 5.41 Å². The first-order valence-corrected chi connectivity index (χ1v) is 3.43. The fourth-order valence-electron chi connectivity index (χ4n) is 0.839. The molecule has 0 aromatic heterocycles. The fraction of sp³-hybridized carbons (Fsp3) is 0.125. The number of benzene rings is 1. The molecule has 4 nitrogen and oxygen atoms in total. The third kappa shape index (κ3) is 4.96. The molecule has 0 bridgehead atoms. The Morgan fingerprint density at radius 2 is 1.44 bits per heavy atom. The maximum Gasteiger partial charge on any atom is 0.416 e. The van der Waals surface area contributed by atoms with E-state index in [0.29, 0.717) is 0 Å². The van der Waals surface area contributed by atoms with E-state index in [1.807, 2.05) is 0 Å². The van der Waals surface area contributed by atoms with Gasteiger partial charge in [0, 0.05) is 5.56 Å². The van der Waals surface area contributed by atoms with Gasteiger partial charge in [-0.05, 0) is 12.1 Å². The lowest BCUT2D eigenvalue weighted by atomic mass is 10.1. The van der Waals surface area contributed by atoms with E-state index in [1.54, 1.807) is 0 Å². The highest BCUT2D eigenvalue weighted by Gasteiger charge is 2.29. The van der Waals surface area contributed by atoms with Crippen molar-refractivity contribution in [1.29, 1.82) is 5.41 Å². The minimum atomic E-state index is -4.34. The van der Waals surface area contributed by atoms with E-state index in [4.69, 9.17) is 11.1 Å². The van der Waals surface area contributed by atoms with E-state index in [-0.39, 0.29) is 34.8 Å². The predicted octanol–water partition coefficient (Wildman–Crippen LogP) is 0.762. The summed E-state index contributed by atoms with van der Waals surface area (Å²) in [4.78, 5) is 0. The van der Waals surface area contributed by atoms with Crippen LogP contribution in [0.1, 0.15) is 11.1 Å². The Bertz CT molecular complexity index is 327. The number of hydrogen-bond acceptors (Lipinski definition) is 1. The maximum atomic E-state index is 12.0. The lowest BCUT2D eigenvalue weighted by Crippen LogP contribution is -2.12. The number of nitrogens with two attached hydrogens (primary N) is 1. The Kier molecular flexibility index (Phi) is 8.87. The zero-order valence-electron chi connectivity index (χ0n) is 7.93. The van der Waals surface area contributed by atoms with E-state index >= 15 is 0 Å². The lowest BCUT2D eigenvalue weighted by Gasteiger charge is -2.06. The van der Waals surface area contributed by atoms with Gasteiger partial charge in [-0.1, -0.05) is 12.1 Å². The highest BCUT2D eigenvalue weighted by Crippen LogP contribution is 2.28. The molecule has 0 aliphatic heterocycles. The third-order valence-corrected chi connectivity index (χ3v) is 1.52. The van der Waals surface area contributed by atoms with Gasteiger partial charge < -0.3 is 16.7 Å². The number of alkyl halides is 3. The SMILES string of the molecule is Cl.N=C(N)c1ccc(C(F)(F)F)cc1.O.O. The van der Waals surface area contributed by atoms with Gasteiger partial charge in [-0.25, -0.2) is 0 Å². The number of halogens is 4. The molecule has 1 rings (SSSR count). The fourth-order valence-corrected chi connectivity index (χ4v) is 0.839. The second-order valence-electron chi connectivity index (χ2n) is 2.49. The molecule has 0 saturated carbocycles. The van der Waals surface area contributed by atoms with Crippen molar-refractivity contribution in [2.45, 2.75) is 6.18 Å². The van der Waals surface area contributed by atoms with Crippen LogP contribution in [-0.4, -0.2) is 16.8 Å². The summed E-state index contributed by atoms with van der Waals surface area (Å²) in [6.45, 7) is 0. The number of hydrogen-bond donors (Lipinski definition) is 2. The minimum absolute atomic E-state index is 0. The molecule has 0 unspecified atom stereocenters. The molecule has 0 aliphatic carbocycles. The molecule has 7 N–H and O–H groups in total. The van der Waals surface area contributed by atoms with Crippen LogP contribution in [0.25, 0.3) is 0 Å². The standard InChI is InChI=1S/C8H7F3N2.ClH.2H2O/c9-8(10,11)6-3-1-5(2-4-6)7(12)13;;;/h1-4H,(H3,12,13);1H;2*1H2. The molecule has 0 spiro atoms. The molecule has 1 aromatic rings. The first-order valence-electron chi connectivity index (χ1n) is 3.43. The van der Waals surface area contributed by atoms with Crippen molar-refractivity contribution in [3.63, 3.8) is 0 Å². The van der Waals surface area contributed by atoms with E-state index in [2.05, 4.69) is 0 Å². The van der Waals surface area contributed by atoms with E-state index < -0.39 is 11.7 Å². The van der Waals surface area contributed by atoms with E-state index in [0.717, 1.165) is 12.1 Å². The number of rotatable bonds is 1. The Balaban J connectivity index is -0.000000563. The molecule has 0 amide bonds. The molecule has 0 radical (unpaired) electrons. The van der Waals surface area contributed by atoms with Gasteiger partial charge in [-0.2, -0.15) is 13.2 Å². The van der Waals surface area contributed by atoms with Gasteiger partial charge in [0.15, 0.2) is 0 Å². The zero-order valence-corrected chi connectivity index (χ0v) is 8.75. The third-order valence-electron chi connectivity index (χ3n) is 1.52. The van der Waals surface area contributed by atoms with E-state index in [1.165, 1.54) is 12.1 Å². The van der Waals surface area contributed by atoms with Crippen LogP contribution in [0.5, 0.6) is 0 Å². The Morgan fingerprint density at radius 1 is 1.06 bits per heavy atom. The smallest absolute Gasteiger partial charge is 0.412 e. The van der Waals surface area contributed by atoms with Crippen molar-refractivity contribution in [2.24, 2.45) is 5.73 Å². The molecule has 0 aliphatic rings. The Labute approximate surface area is 95.8 Å². The van der Waals surface area contributed by atoms with Crippen molar-refractivity contribution < 1.29 is 24.1 Å². The summed E-state index contributed by atoms with van der Waals surface area (Å²) in [6, 6.07) is 4.14. The summed E-state index contributed by atoms with van der Waals surface area (Å²) in [5.74, 6) is -0.242. The van der Waals surface area contributed by atoms with Crippen LogP contribution in [0.2, 0.25) is 0 Å². The van der Waals surface area contributed by atoms with Gasteiger partial charge in [0.25, 0.3) is 0 Å². The molecular weight excluding hydrogens is 249 g/mol. The van der Waals surface area contributed by atoms with Crippen LogP contribution >= 0.6 is 12.4 Å². The van der Waals surface area contributed by atoms with E-state index in [9.17, 15) is 13.2 Å². The monoisotopic (exact) mass is 260 g/mol. The molecule has 94 valence electrons. The molecule has 0 fully saturated rings. The molecule has 1 aromatic carbocycles. The van der Waals surface area contributed by atoms with Gasteiger partial charge in [0.1, 0.15) is 5.84 Å². The molecule has 16 heavy (non-hydrogen) atoms. The predicted molar refractivity (Wildman–Crippen MR) is 56.9 cm³/mol. The summed E-state index contributed by atoms with van der Waals surface area (Å²) < 4.78 is 36.1. The number of nitrogens with one attached hydrogen (secondary N) is 1. The van der Waals surface area contributed by atoms with Gasteiger partial charge >= 0.3 is 6.18 Å². The summed E-state index contributed by atoms with van der Waals surface area (Å²) in [5.41, 5.74) is 4.62. The van der Waals surface area contributed by atoms with Gasteiger partial charge in [-0.15, -0.1) is 12.4 Å². The van der Waals surface area contributed by atoms with Crippen molar-refractivity contribution in [1.82, 2.24) is 0 Å². The van der Waals surface area contributed by atoms with Crippen LogP contribution in [0.15, 0.2) is 24.3 Å².